The molecule has 0 atom stereocenters. The van der Waals surface area contributed by atoms with Crippen LogP contribution in [0.25, 0.3) is 0 Å². The first-order chi connectivity index (χ1) is 9.65. The summed E-state index contributed by atoms with van der Waals surface area (Å²) in [5, 5.41) is 6.49. The maximum atomic E-state index is 13.0. The Labute approximate surface area is 126 Å². The molecule has 0 saturated heterocycles. The van der Waals surface area contributed by atoms with Crippen LogP contribution in [0.1, 0.15) is 5.56 Å². The van der Waals surface area contributed by atoms with Crippen molar-refractivity contribution in [2.45, 2.75) is 6.42 Å². The minimum Gasteiger partial charge on any atom is -0.362 e. The Morgan fingerprint density at radius 2 is 2.10 bits per heavy atom. The second-order valence-corrected chi connectivity index (χ2v) is 4.72. The third-order valence-corrected chi connectivity index (χ3v) is 3.00. The first-order valence-corrected chi connectivity index (χ1v) is 6.69. The van der Waals surface area contributed by atoms with Gasteiger partial charge in [-0.2, -0.15) is 0 Å². The summed E-state index contributed by atoms with van der Waals surface area (Å²) in [4.78, 5) is 7.89. The summed E-state index contributed by atoms with van der Waals surface area (Å²) in [5.41, 5.74) is 0.901. The van der Waals surface area contributed by atoms with E-state index in [9.17, 15) is 4.39 Å². The molecule has 20 heavy (non-hydrogen) atoms. The van der Waals surface area contributed by atoms with Gasteiger partial charge in [-0.3, -0.25) is 0 Å². The Kier molecular flexibility index (Phi) is 5.20. The van der Waals surface area contributed by atoms with Crippen LogP contribution < -0.4 is 10.6 Å². The summed E-state index contributed by atoms with van der Waals surface area (Å²) in [7, 11) is 0. The van der Waals surface area contributed by atoms with Crippen molar-refractivity contribution in [1.29, 1.82) is 0 Å². The third-order valence-electron chi connectivity index (χ3n) is 2.47. The lowest BCUT2D eigenvalue weighted by atomic mass is 10.1. The van der Waals surface area contributed by atoms with Crippen molar-refractivity contribution < 1.29 is 4.39 Å². The Balaban J connectivity index is 1.80. The van der Waals surface area contributed by atoms with Gasteiger partial charge in [-0.25, -0.2) is 14.4 Å². The molecule has 0 radical (unpaired) electrons. The van der Waals surface area contributed by atoms with Crippen LogP contribution in [-0.2, 0) is 6.42 Å². The van der Waals surface area contributed by atoms with Crippen LogP contribution in [-0.4, -0.2) is 21.6 Å². The monoisotopic (exact) mass is 310 g/mol. The molecular formula is C13H12ClFN4S. The first-order valence-electron chi connectivity index (χ1n) is 5.91. The third kappa shape index (κ3) is 4.40. The van der Waals surface area contributed by atoms with Crippen molar-refractivity contribution in [3.8, 4) is 0 Å². The molecule has 0 fully saturated rings. The van der Waals surface area contributed by atoms with Gasteiger partial charge in [0.25, 0.3) is 0 Å². The lowest BCUT2D eigenvalue weighted by molar-refractivity contribution is 0.625. The average Bonchev–Trinajstić information content (AvgIpc) is 2.41. The van der Waals surface area contributed by atoms with Crippen LogP contribution in [0, 0.1) is 5.82 Å². The van der Waals surface area contributed by atoms with E-state index in [-0.39, 0.29) is 11.0 Å². The van der Waals surface area contributed by atoms with Gasteiger partial charge in [-0.15, -0.1) is 0 Å². The Bertz CT molecular complexity index is 608. The lowest BCUT2D eigenvalue weighted by Gasteiger charge is -2.10. The molecule has 0 bridgehead atoms. The van der Waals surface area contributed by atoms with E-state index >= 15 is 0 Å². The maximum Gasteiger partial charge on any atom is 0.172 e. The second-order valence-electron chi connectivity index (χ2n) is 3.96. The van der Waals surface area contributed by atoms with Crippen LogP contribution in [0.3, 0.4) is 0 Å². The predicted octanol–water partition coefficient (Wildman–Crippen LogP) is 2.80. The van der Waals surface area contributed by atoms with E-state index in [4.69, 9.17) is 23.8 Å². The van der Waals surface area contributed by atoms with Gasteiger partial charge in [0.1, 0.15) is 5.82 Å². The summed E-state index contributed by atoms with van der Waals surface area (Å²) in [6.45, 7) is 0.577. The van der Waals surface area contributed by atoms with Crippen molar-refractivity contribution in [2.24, 2.45) is 0 Å². The quantitative estimate of drug-likeness (QED) is 0.851. The fourth-order valence-electron chi connectivity index (χ4n) is 1.57. The second kappa shape index (κ2) is 7.12. The van der Waals surface area contributed by atoms with Crippen molar-refractivity contribution in [3.63, 3.8) is 0 Å². The van der Waals surface area contributed by atoms with Gasteiger partial charge in [0.15, 0.2) is 16.1 Å². The van der Waals surface area contributed by atoms with Crippen molar-refractivity contribution in [1.82, 2.24) is 15.3 Å². The molecule has 4 nitrogen and oxygen atoms in total. The first kappa shape index (κ1) is 14.6. The van der Waals surface area contributed by atoms with Crippen LogP contribution >= 0.6 is 23.8 Å². The molecule has 0 aliphatic heterocycles. The highest BCUT2D eigenvalue weighted by atomic mass is 35.5. The summed E-state index contributed by atoms with van der Waals surface area (Å²) < 4.78 is 13.0. The van der Waals surface area contributed by atoms with E-state index in [0.717, 1.165) is 5.56 Å². The zero-order valence-corrected chi connectivity index (χ0v) is 12.0. The fourth-order valence-corrected chi connectivity index (χ4v) is 1.92. The smallest absolute Gasteiger partial charge is 0.172 e. The van der Waals surface area contributed by atoms with Crippen LogP contribution in [0.15, 0.2) is 36.7 Å². The van der Waals surface area contributed by atoms with Gasteiger partial charge < -0.3 is 10.6 Å². The van der Waals surface area contributed by atoms with Crippen LogP contribution in [0.5, 0.6) is 0 Å². The number of hydrogen-bond acceptors (Lipinski definition) is 3. The van der Waals surface area contributed by atoms with Crippen LogP contribution in [0.4, 0.5) is 10.2 Å². The Morgan fingerprint density at radius 1 is 1.30 bits per heavy atom. The average molecular weight is 311 g/mol. The van der Waals surface area contributed by atoms with E-state index in [1.165, 1.54) is 24.5 Å². The highest BCUT2D eigenvalue weighted by molar-refractivity contribution is 7.80. The molecule has 2 N–H and O–H groups in total. The van der Waals surface area contributed by atoms with E-state index in [0.29, 0.717) is 23.9 Å². The molecule has 0 amide bonds. The molecule has 104 valence electrons. The molecule has 2 aromatic rings. The topological polar surface area (TPSA) is 49.8 Å². The molecule has 0 saturated carbocycles. The highest BCUT2D eigenvalue weighted by Gasteiger charge is 2.04. The van der Waals surface area contributed by atoms with E-state index in [1.54, 1.807) is 6.07 Å². The van der Waals surface area contributed by atoms with Gasteiger partial charge in [-0.1, -0.05) is 23.7 Å². The predicted molar refractivity (Wildman–Crippen MR) is 81.4 cm³/mol. The number of aromatic nitrogens is 2. The highest BCUT2D eigenvalue weighted by Crippen LogP contribution is 2.13. The number of halogens is 2. The van der Waals surface area contributed by atoms with E-state index in [1.807, 2.05) is 6.07 Å². The molecule has 2 rings (SSSR count). The number of rotatable bonds is 4. The lowest BCUT2D eigenvalue weighted by Crippen LogP contribution is -2.30. The Morgan fingerprint density at radius 3 is 2.85 bits per heavy atom. The van der Waals surface area contributed by atoms with Gasteiger partial charge in [0.05, 0.1) is 0 Å². The minimum atomic E-state index is -0.241. The standard InChI is InChI=1S/C13H12ClFN4S/c14-11-12(17-7-6-16-11)19-13(20)18-5-4-9-2-1-3-10(15)8-9/h1-3,6-8H,4-5H2,(H2,17,18,19,20). The van der Waals surface area contributed by atoms with Crippen molar-refractivity contribution in [3.05, 3.63) is 53.2 Å². The van der Waals surface area contributed by atoms with Gasteiger partial charge in [0.2, 0.25) is 0 Å². The van der Waals surface area contributed by atoms with Gasteiger partial charge in [0, 0.05) is 18.9 Å². The molecule has 0 aliphatic carbocycles. The summed E-state index contributed by atoms with van der Waals surface area (Å²) >= 11 is 11.0. The number of nitrogens with one attached hydrogen (secondary N) is 2. The SMILES string of the molecule is Fc1cccc(CCNC(=S)Nc2nccnc2Cl)c1. The summed E-state index contributed by atoms with van der Waals surface area (Å²) in [6, 6.07) is 6.46. The molecular weight excluding hydrogens is 299 g/mol. The normalized spacial score (nSPS) is 10.1. The zero-order chi connectivity index (χ0) is 14.4. The van der Waals surface area contributed by atoms with Crippen molar-refractivity contribution >= 4 is 34.7 Å². The fraction of sp³-hybridized carbons (Fsp3) is 0.154. The maximum absolute atomic E-state index is 13.0. The number of thiocarbonyl (C=S) groups is 1. The molecule has 1 heterocycles. The molecule has 0 aliphatic rings. The molecule has 0 unspecified atom stereocenters. The number of anilines is 1. The molecule has 1 aromatic heterocycles. The minimum absolute atomic E-state index is 0.241. The Hall–Kier alpha value is -1.79. The van der Waals surface area contributed by atoms with Gasteiger partial charge >= 0.3 is 0 Å². The van der Waals surface area contributed by atoms with Crippen molar-refractivity contribution in [2.75, 3.05) is 11.9 Å². The van der Waals surface area contributed by atoms with E-state index < -0.39 is 0 Å². The number of nitrogens with zero attached hydrogens (tertiary/aromatic N) is 2. The molecule has 7 heteroatoms. The van der Waals surface area contributed by atoms with Gasteiger partial charge in [-0.05, 0) is 36.3 Å². The summed E-state index contributed by atoms with van der Waals surface area (Å²) in [5.74, 6) is 0.159. The molecule has 0 spiro atoms. The molecule has 1 aromatic carbocycles. The summed E-state index contributed by atoms with van der Waals surface area (Å²) in [6.07, 6.45) is 3.67. The zero-order valence-electron chi connectivity index (χ0n) is 10.4. The largest absolute Gasteiger partial charge is 0.362 e. The van der Waals surface area contributed by atoms with Crippen LogP contribution in [0.2, 0.25) is 5.15 Å². The van der Waals surface area contributed by atoms with E-state index in [2.05, 4.69) is 20.6 Å². The number of benzene rings is 1. The number of hydrogen-bond donors (Lipinski definition) is 2.